The van der Waals surface area contributed by atoms with Crippen LogP contribution in [0.1, 0.15) is 30.9 Å². The Bertz CT molecular complexity index is 706. The van der Waals surface area contributed by atoms with Crippen LogP contribution in [0.25, 0.3) is 6.08 Å². The number of unbranched alkanes of at least 4 members (excludes halogenated alkanes) is 1. The first-order valence-electron chi connectivity index (χ1n) is 8.16. The van der Waals surface area contributed by atoms with Crippen molar-refractivity contribution in [3.05, 3.63) is 59.7 Å². The van der Waals surface area contributed by atoms with E-state index >= 15 is 0 Å². The Labute approximate surface area is 143 Å². The van der Waals surface area contributed by atoms with Crippen molar-refractivity contribution in [1.29, 1.82) is 0 Å². The van der Waals surface area contributed by atoms with Gasteiger partial charge in [0.1, 0.15) is 5.75 Å². The Kier molecular flexibility index (Phi) is 6.43. The second-order valence-corrected chi connectivity index (χ2v) is 5.69. The monoisotopic (exact) mass is 324 g/mol. The number of aryl methyl sites for hydroxylation is 1. The number of amides is 1. The lowest BCUT2D eigenvalue weighted by atomic mass is 10.1. The van der Waals surface area contributed by atoms with Crippen LogP contribution in [0.5, 0.6) is 5.75 Å². The lowest BCUT2D eigenvalue weighted by molar-refractivity contribution is -0.111. The number of benzene rings is 2. The molecule has 0 saturated heterocycles. The van der Waals surface area contributed by atoms with Gasteiger partial charge in [-0.3, -0.25) is 4.79 Å². The van der Waals surface area contributed by atoms with Gasteiger partial charge in [-0.1, -0.05) is 37.1 Å². The summed E-state index contributed by atoms with van der Waals surface area (Å²) >= 11 is 0. The SMILES string of the molecule is CCCCOc1ccc(/C=C\C(=O)Nc2ccc(C)cc2)cc1N. The number of nitrogen functional groups attached to an aromatic ring is 1. The summed E-state index contributed by atoms with van der Waals surface area (Å²) in [6.07, 6.45) is 5.30. The van der Waals surface area contributed by atoms with Gasteiger partial charge in [0, 0.05) is 11.8 Å². The van der Waals surface area contributed by atoms with Crippen molar-refractivity contribution < 1.29 is 9.53 Å². The van der Waals surface area contributed by atoms with Gasteiger partial charge in [-0.15, -0.1) is 0 Å². The molecule has 3 N–H and O–H groups in total. The highest BCUT2D eigenvalue weighted by Crippen LogP contribution is 2.23. The Balaban J connectivity index is 1.94. The quantitative estimate of drug-likeness (QED) is 0.450. The molecule has 0 aliphatic rings. The molecule has 0 unspecified atom stereocenters. The van der Waals surface area contributed by atoms with Crippen molar-refractivity contribution in [2.45, 2.75) is 26.7 Å². The maximum absolute atomic E-state index is 11.9. The Morgan fingerprint density at radius 1 is 1.21 bits per heavy atom. The smallest absolute Gasteiger partial charge is 0.248 e. The average molecular weight is 324 g/mol. The van der Waals surface area contributed by atoms with Gasteiger partial charge in [-0.05, 0) is 49.2 Å². The molecule has 4 nitrogen and oxygen atoms in total. The predicted octanol–water partition coefficient (Wildman–Crippen LogP) is 4.41. The van der Waals surface area contributed by atoms with Crippen molar-refractivity contribution in [3.8, 4) is 5.75 Å². The maximum atomic E-state index is 11.9. The third kappa shape index (κ3) is 5.47. The molecule has 0 spiro atoms. The number of nitrogens with two attached hydrogens (primary N) is 1. The molecule has 2 rings (SSSR count). The fourth-order valence-corrected chi connectivity index (χ4v) is 2.12. The van der Waals surface area contributed by atoms with Crippen LogP contribution in [0.3, 0.4) is 0 Å². The van der Waals surface area contributed by atoms with E-state index in [1.165, 1.54) is 6.08 Å². The van der Waals surface area contributed by atoms with Crippen LogP contribution >= 0.6 is 0 Å². The van der Waals surface area contributed by atoms with E-state index in [2.05, 4.69) is 12.2 Å². The molecular weight excluding hydrogens is 300 g/mol. The standard InChI is InChI=1S/C20H24N2O2/c1-3-4-13-24-19-11-7-16(14-18(19)21)8-12-20(23)22-17-9-5-15(2)6-10-17/h5-12,14H,3-4,13,21H2,1-2H3,(H,22,23)/b12-8-. The number of hydrogen-bond donors (Lipinski definition) is 2. The van der Waals surface area contributed by atoms with Gasteiger partial charge in [-0.2, -0.15) is 0 Å². The van der Waals surface area contributed by atoms with Crippen molar-refractivity contribution in [3.63, 3.8) is 0 Å². The minimum Gasteiger partial charge on any atom is -0.491 e. The molecule has 0 fully saturated rings. The van der Waals surface area contributed by atoms with Crippen LogP contribution in [0.4, 0.5) is 11.4 Å². The van der Waals surface area contributed by atoms with Gasteiger partial charge in [0.05, 0.1) is 12.3 Å². The highest BCUT2D eigenvalue weighted by atomic mass is 16.5. The molecule has 0 heterocycles. The van der Waals surface area contributed by atoms with Crippen molar-refractivity contribution in [2.75, 3.05) is 17.7 Å². The van der Waals surface area contributed by atoms with Gasteiger partial charge in [0.2, 0.25) is 5.91 Å². The number of rotatable bonds is 7. The molecule has 2 aromatic carbocycles. The van der Waals surface area contributed by atoms with Crippen molar-refractivity contribution >= 4 is 23.4 Å². The first-order valence-corrected chi connectivity index (χ1v) is 8.16. The highest BCUT2D eigenvalue weighted by Gasteiger charge is 2.02. The molecule has 1 amide bonds. The second-order valence-electron chi connectivity index (χ2n) is 5.69. The minimum absolute atomic E-state index is 0.180. The summed E-state index contributed by atoms with van der Waals surface area (Å²) in [5, 5.41) is 2.82. The summed E-state index contributed by atoms with van der Waals surface area (Å²) in [6, 6.07) is 13.2. The van der Waals surface area contributed by atoms with Crippen LogP contribution < -0.4 is 15.8 Å². The molecule has 4 heteroatoms. The van der Waals surface area contributed by atoms with Gasteiger partial charge in [0.15, 0.2) is 0 Å². The van der Waals surface area contributed by atoms with Crippen molar-refractivity contribution in [2.24, 2.45) is 0 Å². The van der Waals surface area contributed by atoms with Crippen LogP contribution in [-0.4, -0.2) is 12.5 Å². The molecule has 126 valence electrons. The summed E-state index contributed by atoms with van der Waals surface area (Å²) in [5.41, 5.74) is 9.35. The van der Waals surface area contributed by atoms with Crippen LogP contribution in [0.15, 0.2) is 48.5 Å². The van der Waals surface area contributed by atoms with E-state index in [1.807, 2.05) is 43.3 Å². The summed E-state index contributed by atoms with van der Waals surface area (Å²) in [6.45, 7) is 4.78. The third-order valence-corrected chi connectivity index (χ3v) is 3.54. The Morgan fingerprint density at radius 3 is 2.62 bits per heavy atom. The molecule has 24 heavy (non-hydrogen) atoms. The lowest BCUT2D eigenvalue weighted by Gasteiger charge is -2.08. The van der Waals surface area contributed by atoms with Crippen LogP contribution in [0.2, 0.25) is 0 Å². The molecular formula is C20H24N2O2. The molecule has 0 radical (unpaired) electrons. The maximum Gasteiger partial charge on any atom is 0.248 e. The average Bonchev–Trinajstić information content (AvgIpc) is 2.57. The lowest BCUT2D eigenvalue weighted by Crippen LogP contribution is -2.07. The van der Waals surface area contributed by atoms with Gasteiger partial charge in [0.25, 0.3) is 0 Å². The molecule has 0 atom stereocenters. The first kappa shape index (κ1) is 17.6. The van der Waals surface area contributed by atoms with E-state index in [1.54, 1.807) is 12.1 Å². The van der Waals surface area contributed by atoms with Gasteiger partial charge >= 0.3 is 0 Å². The molecule has 0 aliphatic carbocycles. The summed E-state index contributed by atoms with van der Waals surface area (Å²) in [4.78, 5) is 11.9. The van der Waals surface area contributed by atoms with E-state index in [0.29, 0.717) is 18.0 Å². The first-order chi connectivity index (χ1) is 11.6. The fraction of sp³-hybridized carbons (Fsp3) is 0.250. The summed E-state index contributed by atoms with van der Waals surface area (Å²) in [5.74, 6) is 0.505. The largest absolute Gasteiger partial charge is 0.491 e. The molecule has 0 bridgehead atoms. The normalized spacial score (nSPS) is 10.8. The number of nitrogens with one attached hydrogen (secondary N) is 1. The number of carbonyl (C=O) groups is 1. The van der Waals surface area contributed by atoms with E-state index < -0.39 is 0 Å². The van der Waals surface area contributed by atoms with Crippen LogP contribution in [-0.2, 0) is 4.79 Å². The zero-order valence-electron chi connectivity index (χ0n) is 14.2. The zero-order valence-corrected chi connectivity index (χ0v) is 14.2. The molecule has 0 aliphatic heterocycles. The van der Waals surface area contributed by atoms with Gasteiger partial charge < -0.3 is 15.8 Å². The molecule has 0 saturated carbocycles. The van der Waals surface area contributed by atoms with Crippen LogP contribution in [0, 0.1) is 6.92 Å². The fourth-order valence-electron chi connectivity index (χ4n) is 2.12. The van der Waals surface area contributed by atoms with E-state index in [0.717, 1.165) is 29.7 Å². The predicted molar refractivity (Wildman–Crippen MR) is 100 cm³/mol. The second kappa shape index (κ2) is 8.77. The minimum atomic E-state index is -0.180. The topological polar surface area (TPSA) is 64.3 Å². The van der Waals surface area contributed by atoms with Crippen molar-refractivity contribution in [1.82, 2.24) is 0 Å². The summed E-state index contributed by atoms with van der Waals surface area (Å²) < 4.78 is 5.62. The molecule has 0 aromatic heterocycles. The van der Waals surface area contributed by atoms with E-state index in [9.17, 15) is 4.79 Å². The third-order valence-electron chi connectivity index (χ3n) is 3.54. The van der Waals surface area contributed by atoms with E-state index in [4.69, 9.17) is 10.5 Å². The number of carbonyl (C=O) groups excluding carboxylic acids is 1. The number of hydrogen-bond acceptors (Lipinski definition) is 3. The molecule has 2 aromatic rings. The van der Waals surface area contributed by atoms with Gasteiger partial charge in [-0.25, -0.2) is 0 Å². The summed E-state index contributed by atoms with van der Waals surface area (Å²) in [7, 11) is 0. The highest BCUT2D eigenvalue weighted by molar-refractivity contribution is 6.02. The van der Waals surface area contributed by atoms with E-state index in [-0.39, 0.29) is 5.91 Å². The number of anilines is 2. The zero-order chi connectivity index (χ0) is 17.4. The number of ether oxygens (including phenoxy) is 1. The Hall–Kier alpha value is -2.75. The Morgan fingerprint density at radius 2 is 1.96 bits per heavy atom.